The highest BCUT2D eigenvalue weighted by Crippen LogP contribution is 2.38. The van der Waals surface area contributed by atoms with Gasteiger partial charge in [-0.2, -0.15) is 4.68 Å². The molecule has 10 nitrogen and oxygen atoms in total. The molecule has 0 saturated heterocycles. The number of azo groups is 1. The van der Waals surface area contributed by atoms with Crippen LogP contribution in [0.5, 0.6) is 5.75 Å². The number of hydrogen-bond donors (Lipinski definition) is 2. The van der Waals surface area contributed by atoms with Crippen molar-refractivity contribution in [3.8, 4) is 11.7 Å². The number of aryl methyl sites for hydroxylation is 1. The first-order chi connectivity index (χ1) is 16.6. The Balaban J connectivity index is 1.54. The lowest BCUT2D eigenvalue weighted by atomic mass is 10.0. The van der Waals surface area contributed by atoms with E-state index >= 15 is 0 Å². The minimum atomic E-state index is -0.459. The first-order valence-electron chi connectivity index (χ1n) is 10.3. The summed E-state index contributed by atoms with van der Waals surface area (Å²) >= 11 is 0. The van der Waals surface area contributed by atoms with Gasteiger partial charge in [0.15, 0.2) is 5.75 Å². The number of nitrogens with zero attached hydrogens (tertiary/aromatic N) is 7. The van der Waals surface area contributed by atoms with Crippen molar-refractivity contribution in [1.82, 2.24) is 25.0 Å². The van der Waals surface area contributed by atoms with Crippen molar-refractivity contribution in [3.05, 3.63) is 90.4 Å². The minimum absolute atomic E-state index is 0.102. The van der Waals surface area contributed by atoms with E-state index in [4.69, 9.17) is 0 Å². The van der Waals surface area contributed by atoms with Gasteiger partial charge in [-0.05, 0) is 42.0 Å². The number of benzene rings is 3. The van der Waals surface area contributed by atoms with E-state index in [0.717, 1.165) is 10.9 Å². The van der Waals surface area contributed by atoms with E-state index in [-0.39, 0.29) is 28.8 Å². The molecule has 0 atom stereocenters. The Hall–Kier alpha value is -4.99. The minimum Gasteiger partial charge on any atom is -0.505 e. The number of fused-ring (bicyclic) bond motifs is 1. The number of hydrogen-bond acceptors (Lipinski definition) is 8. The first-order valence-corrected chi connectivity index (χ1v) is 10.3. The molecule has 34 heavy (non-hydrogen) atoms. The van der Waals surface area contributed by atoms with Crippen LogP contribution >= 0.6 is 0 Å². The maximum atomic E-state index is 13.2. The van der Waals surface area contributed by atoms with Crippen molar-refractivity contribution in [2.24, 2.45) is 10.2 Å². The van der Waals surface area contributed by atoms with Gasteiger partial charge in [-0.25, -0.2) is 9.97 Å². The Bertz CT molecular complexity index is 1510. The zero-order valence-corrected chi connectivity index (χ0v) is 18.0. The topological polar surface area (TPSA) is 131 Å². The van der Waals surface area contributed by atoms with E-state index in [2.05, 4.69) is 35.8 Å². The second-order valence-corrected chi connectivity index (χ2v) is 7.41. The standard InChI is InChI=1S/C24H18N8O2/c1-15-7-9-17(10-8-15)28-23(34)21-18-6-3-2-5-16(18)13-19(22(21)33)29-30-20-14-27-31-32(20)24-25-11-4-12-26-24/h2-14,33H,1H3,(H,28,34)/b30-29+. The van der Waals surface area contributed by atoms with Crippen LogP contribution < -0.4 is 5.32 Å². The summed E-state index contributed by atoms with van der Waals surface area (Å²) in [7, 11) is 0. The lowest BCUT2D eigenvalue weighted by molar-refractivity contribution is 0.102. The van der Waals surface area contributed by atoms with Crippen LogP contribution in [-0.4, -0.2) is 36.0 Å². The van der Waals surface area contributed by atoms with Gasteiger partial charge >= 0.3 is 0 Å². The number of phenolic OH excluding ortho intramolecular Hbond substituents is 1. The number of nitrogens with one attached hydrogen (secondary N) is 1. The molecule has 2 aromatic heterocycles. The van der Waals surface area contributed by atoms with Crippen molar-refractivity contribution < 1.29 is 9.90 Å². The molecule has 5 aromatic rings. The van der Waals surface area contributed by atoms with Crippen LogP contribution in [0.1, 0.15) is 15.9 Å². The van der Waals surface area contributed by atoms with Crippen LogP contribution in [0.15, 0.2) is 89.5 Å². The summed E-state index contributed by atoms with van der Waals surface area (Å²) in [6.45, 7) is 1.96. The van der Waals surface area contributed by atoms with E-state index in [9.17, 15) is 9.90 Å². The number of anilines is 1. The van der Waals surface area contributed by atoms with Crippen LogP contribution in [0.3, 0.4) is 0 Å². The third-order valence-electron chi connectivity index (χ3n) is 5.07. The Morgan fingerprint density at radius 3 is 2.56 bits per heavy atom. The Kier molecular flexibility index (Phi) is 5.45. The molecule has 0 fully saturated rings. The quantitative estimate of drug-likeness (QED) is 0.367. The summed E-state index contributed by atoms with van der Waals surface area (Å²) in [6.07, 6.45) is 4.53. The molecule has 0 aliphatic rings. The Labute approximate surface area is 193 Å². The number of phenols is 1. The van der Waals surface area contributed by atoms with Gasteiger partial charge in [0.1, 0.15) is 5.69 Å². The van der Waals surface area contributed by atoms with E-state index in [1.807, 2.05) is 31.2 Å². The molecular formula is C24H18N8O2. The Morgan fingerprint density at radius 2 is 1.76 bits per heavy atom. The third-order valence-corrected chi connectivity index (χ3v) is 5.07. The summed E-state index contributed by atoms with van der Waals surface area (Å²) in [5.74, 6) is -0.222. The fraction of sp³-hybridized carbons (Fsp3) is 0.0417. The number of rotatable bonds is 5. The normalized spacial score (nSPS) is 11.2. The largest absolute Gasteiger partial charge is 0.505 e. The summed E-state index contributed by atoms with van der Waals surface area (Å²) in [5.41, 5.74) is 1.91. The SMILES string of the molecule is Cc1ccc(NC(=O)c2c(O)c(/N=N/c3cnnn3-c3ncccn3)cc3ccccc23)cc1. The fourth-order valence-corrected chi connectivity index (χ4v) is 3.40. The zero-order valence-electron chi connectivity index (χ0n) is 18.0. The van der Waals surface area contributed by atoms with E-state index in [1.54, 1.807) is 48.8 Å². The third kappa shape index (κ3) is 4.07. The first kappa shape index (κ1) is 20.9. The maximum absolute atomic E-state index is 13.2. The van der Waals surface area contributed by atoms with E-state index in [1.165, 1.54) is 10.9 Å². The molecule has 0 aliphatic heterocycles. The molecule has 166 valence electrons. The second-order valence-electron chi connectivity index (χ2n) is 7.41. The van der Waals surface area contributed by atoms with Crippen molar-refractivity contribution in [2.75, 3.05) is 5.32 Å². The van der Waals surface area contributed by atoms with Crippen LogP contribution in [0.4, 0.5) is 17.2 Å². The van der Waals surface area contributed by atoms with Crippen molar-refractivity contribution >= 4 is 33.9 Å². The smallest absolute Gasteiger partial charge is 0.260 e. The molecule has 5 rings (SSSR count). The lowest BCUT2D eigenvalue weighted by Gasteiger charge is -2.12. The molecule has 3 aromatic carbocycles. The molecule has 0 saturated carbocycles. The van der Waals surface area contributed by atoms with Crippen LogP contribution in [0.2, 0.25) is 0 Å². The summed E-state index contributed by atoms with van der Waals surface area (Å²) in [6, 6.07) is 18.0. The lowest BCUT2D eigenvalue weighted by Crippen LogP contribution is -2.12. The molecular weight excluding hydrogens is 432 g/mol. The number of aromatic nitrogens is 5. The monoisotopic (exact) mass is 450 g/mol. The van der Waals surface area contributed by atoms with E-state index < -0.39 is 5.91 Å². The van der Waals surface area contributed by atoms with Gasteiger partial charge in [0.2, 0.25) is 5.82 Å². The molecule has 0 radical (unpaired) electrons. The molecule has 2 heterocycles. The molecule has 0 bridgehead atoms. The maximum Gasteiger partial charge on any atom is 0.260 e. The summed E-state index contributed by atoms with van der Waals surface area (Å²) in [5, 5.41) is 31.3. The summed E-state index contributed by atoms with van der Waals surface area (Å²) < 4.78 is 1.31. The van der Waals surface area contributed by atoms with Crippen LogP contribution in [0.25, 0.3) is 16.7 Å². The molecule has 1 amide bonds. The van der Waals surface area contributed by atoms with Crippen molar-refractivity contribution in [1.29, 1.82) is 0 Å². The fourth-order valence-electron chi connectivity index (χ4n) is 3.40. The number of aromatic hydroxyl groups is 1. The number of carbonyl (C=O) groups excluding carboxylic acids is 1. The summed E-state index contributed by atoms with van der Waals surface area (Å²) in [4.78, 5) is 21.4. The van der Waals surface area contributed by atoms with Crippen molar-refractivity contribution in [3.63, 3.8) is 0 Å². The molecule has 0 unspecified atom stereocenters. The molecule has 10 heteroatoms. The van der Waals surface area contributed by atoms with Gasteiger partial charge in [0, 0.05) is 18.1 Å². The van der Waals surface area contributed by atoms with Gasteiger partial charge in [0.05, 0.1) is 11.8 Å². The van der Waals surface area contributed by atoms with Crippen molar-refractivity contribution in [2.45, 2.75) is 6.92 Å². The van der Waals surface area contributed by atoms with E-state index in [0.29, 0.717) is 11.1 Å². The average molecular weight is 450 g/mol. The highest BCUT2D eigenvalue weighted by Gasteiger charge is 2.20. The number of carbonyl (C=O) groups is 1. The van der Waals surface area contributed by atoms with Gasteiger partial charge < -0.3 is 10.4 Å². The van der Waals surface area contributed by atoms with Crippen LogP contribution in [0, 0.1) is 6.92 Å². The highest BCUT2D eigenvalue weighted by molar-refractivity contribution is 6.16. The predicted octanol–water partition coefficient (Wildman–Crippen LogP) is 4.89. The average Bonchev–Trinajstić information content (AvgIpc) is 3.33. The number of amides is 1. The Morgan fingerprint density at radius 1 is 1.00 bits per heavy atom. The van der Waals surface area contributed by atoms with Gasteiger partial charge in [-0.15, -0.1) is 15.3 Å². The second kappa shape index (κ2) is 8.87. The molecule has 0 spiro atoms. The van der Waals surface area contributed by atoms with Gasteiger partial charge in [0.25, 0.3) is 11.9 Å². The molecule has 2 N–H and O–H groups in total. The van der Waals surface area contributed by atoms with Crippen LogP contribution in [-0.2, 0) is 0 Å². The highest BCUT2D eigenvalue weighted by atomic mass is 16.3. The van der Waals surface area contributed by atoms with Gasteiger partial charge in [-0.1, -0.05) is 47.2 Å². The zero-order chi connectivity index (χ0) is 23.5. The predicted molar refractivity (Wildman–Crippen MR) is 126 cm³/mol. The van der Waals surface area contributed by atoms with Gasteiger partial charge in [-0.3, -0.25) is 4.79 Å². The molecule has 0 aliphatic carbocycles.